The molecule has 1 aliphatic rings. The summed E-state index contributed by atoms with van der Waals surface area (Å²) in [5.41, 5.74) is -0.213. The number of carbonyl (C=O) groups excluding carboxylic acids is 2. The Balaban J connectivity index is 2.36. The van der Waals surface area contributed by atoms with Gasteiger partial charge in [0.2, 0.25) is 11.3 Å². The van der Waals surface area contributed by atoms with Gasteiger partial charge in [-0.15, -0.1) is 0 Å². The van der Waals surface area contributed by atoms with E-state index in [0.717, 1.165) is 12.1 Å². The number of anilines is 1. The monoisotopic (exact) mass is 290 g/mol. The molecule has 0 atom stereocenters. The van der Waals surface area contributed by atoms with Gasteiger partial charge in [0.1, 0.15) is 17.9 Å². The molecule has 1 amide bonds. The molecule has 1 aliphatic heterocycles. The predicted molar refractivity (Wildman–Crippen MR) is 72.8 cm³/mol. The average Bonchev–Trinajstić information content (AvgIpc) is 2.41. The van der Waals surface area contributed by atoms with Crippen LogP contribution < -0.4 is 10.7 Å². The zero-order chi connectivity index (χ0) is 15.1. The fourth-order valence-electron chi connectivity index (χ4n) is 2.42. The number of nitrogens with zero attached hydrogens (tertiary/aromatic N) is 1. The highest BCUT2D eigenvalue weighted by Crippen LogP contribution is 2.26. The third-order valence-electron chi connectivity index (χ3n) is 3.22. The Bertz CT molecular complexity index is 841. The minimum atomic E-state index is -0.787. The van der Waals surface area contributed by atoms with Gasteiger partial charge in [0.05, 0.1) is 23.2 Å². The number of aromatic nitrogens is 1. The van der Waals surface area contributed by atoms with Crippen LogP contribution >= 0.6 is 0 Å². The summed E-state index contributed by atoms with van der Waals surface area (Å²) in [5.74, 6) is -1.80. The van der Waals surface area contributed by atoms with Crippen LogP contribution in [0.3, 0.4) is 0 Å². The smallest absolute Gasteiger partial charge is 0.343 e. The molecular weight excluding hydrogens is 279 g/mol. The Morgan fingerprint density at radius 1 is 1.43 bits per heavy atom. The minimum absolute atomic E-state index is 0.0375. The van der Waals surface area contributed by atoms with Crippen LogP contribution in [0.2, 0.25) is 0 Å². The van der Waals surface area contributed by atoms with E-state index in [9.17, 15) is 18.8 Å². The number of rotatable bonds is 2. The van der Waals surface area contributed by atoms with Crippen molar-refractivity contribution in [1.82, 2.24) is 4.57 Å². The van der Waals surface area contributed by atoms with Gasteiger partial charge in [-0.25, -0.2) is 9.18 Å². The molecule has 1 N–H and O–H groups in total. The molecule has 0 saturated carbocycles. The number of esters is 1. The first-order valence-corrected chi connectivity index (χ1v) is 6.35. The maximum Gasteiger partial charge on any atom is 0.343 e. The first-order valence-electron chi connectivity index (χ1n) is 6.35. The molecule has 1 aromatic heterocycles. The van der Waals surface area contributed by atoms with Gasteiger partial charge in [0, 0.05) is 6.20 Å². The zero-order valence-corrected chi connectivity index (χ0v) is 11.1. The number of ether oxygens (including phenoxy) is 1. The standard InChI is InChI=1S/C14H11FN2O4/c1-2-21-14(20)9-5-17-6-11(18)16-10-4-7(15)3-8(12(10)17)13(9)19/h3-5H,2,6H2,1H3,(H,16,18). The maximum atomic E-state index is 13.6. The van der Waals surface area contributed by atoms with E-state index in [0.29, 0.717) is 5.52 Å². The van der Waals surface area contributed by atoms with E-state index < -0.39 is 17.2 Å². The normalized spacial score (nSPS) is 13.1. The number of hydrogen-bond donors (Lipinski definition) is 1. The van der Waals surface area contributed by atoms with Crippen molar-refractivity contribution in [2.24, 2.45) is 0 Å². The second kappa shape index (κ2) is 4.69. The molecule has 2 heterocycles. The van der Waals surface area contributed by atoms with Gasteiger partial charge in [-0.05, 0) is 19.1 Å². The van der Waals surface area contributed by atoms with Crippen molar-refractivity contribution in [3.8, 4) is 0 Å². The summed E-state index contributed by atoms with van der Waals surface area (Å²) in [4.78, 5) is 35.8. The first kappa shape index (κ1) is 13.3. The average molecular weight is 290 g/mol. The van der Waals surface area contributed by atoms with Crippen molar-refractivity contribution in [2.45, 2.75) is 13.5 Å². The molecule has 0 unspecified atom stereocenters. The van der Waals surface area contributed by atoms with Crippen LogP contribution in [-0.2, 0) is 16.1 Å². The molecule has 0 spiro atoms. The lowest BCUT2D eigenvalue weighted by molar-refractivity contribution is -0.116. The second-order valence-corrected chi connectivity index (χ2v) is 4.62. The lowest BCUT2D eigenvalue weighted by atomic mass is 10.1. The third-order valence-corrected chi connectivity index (χ3v) is 3.22. The number of carbonyl (C=O) groups is 2. The predicted octanol–water partition coefficient (Wildman–Crippen LogP) is 1.27. The molecule has 0 saturated heterocycles. The van der Waals surface area contributed by atoms with Gasteiger partial charge in [-0.3, -0.25) is 9.59 Å². The van der Waals surface area contributed by atoms with E-state index in [4.69, 9.17) is 4.74 Å². The number of nitrogens with one attached hydrogen (secondary N) is 1. The third kappa shape index (κ3) is 2.06. The van der Waals surface area contributed by atoms with Crippen LogP contribution in [0.15, 0.2) is 23.1 Å². The summed E-state index contributed by atoms with van der Waals surface area (Å²) in [6.07, 6.45) is 1.28. The number of hydrogen-bond acceptors (Lipinski definition) is 4. The summed E-state index contributed by atoms with van der Waals surface area (Å²) in [6, 6.07) is 2.19. The molecule has 6 nitrogen and oxygen atoms in total. The van der Waals surface area contributed by atoms with Gasteiger partial charge < -0.3 is 14.6 Å². The molecule has 7 heteroatoms. The van der Waals surface area contributed by atoms with E-state index in [2.05, 4.69) is 5.32 Å². The highest BCUT2D eigenvalue weighted by Gasteiger charge is 2.23. The van der Waals surface area contributed by atoms with Gasteiger partial charge in [0.25, 0.3) is 0 Å². The van der Waals surface area contributed by atoms with E-state index >= 15 is 0 Å². The summed E-state index contributed by atoms with van der Waals surface area (Å²) in [5, 5.41) is 2.55. The quantitative estimate of drug-likeness (QED) is 0.845. The van der Waals surface area contributed by atoms with Gasteiger partial charge in [-0.1, -0.05) is 0 Å². The van der Waals surface area contributed by atoms with Crippen LogP contribution in [0.1, 0.15) is 17.3 Å². The molecule has 3 rings (SSSR count). The van der Waals surface area contributed by atoms with Crippen LogP contribution in [0.5, 0.6) is 0 Å². The molecule has 21 heavy (non-hydrogen) atoms. The van der Waals surface area contributed by atoms with Gasteiger partial charge in [-0.2, -0.15) is 0 Å². The van der Waals surface area contributed by atoms with Crippen LogP contribution in [0, 0.1) is 5.82 Å². The number of pyridine rings is 1. The van der Waals surface area contributed by atoms with E-state index in [1.807, 2.05) is 0 Å². The summed E-state index contributed by atoms with van der Waals surface area (Å²) in [6.45, 7) is 1.68. The molecule has 1 aromatic carbocycles. The van der Waals surface area contributed by atoms with Crippen LogP contribution in [-0.4, -0.2) is 23.1 Å². The van der Waals surface area contributed by atoms with E-state index in [1.54, 1.807) is 6.92 Å². The lowest BCUT2D eigenvalue weighted by Gasteiger charge is -2.21. The molecule has 0 radical (unpaired) electrons. The minimum Gasteiger partial charge on any atom is -0.462 e. The first-order chi connectivity index (χ1) is 10.0. The topological polar surface area (TPSA) is 77.4 Å². The zero-order valence-electron chi connectivity index (χ0n) is 11.1. The molecule has 0 bridgehead atoms. The van der Waals surface area contributed by atoms with Crippen molar-refractivity contribution in [3.63, 3.8) is 0 Å². The Hall–Kier alpha value is -2.70. The van der Waals surface area contributed by atoms with Crippen molar-refractivity contribution in [1.29, 1.82) is 0 Å². The van der Waals surface area contributed by atoms with E-state index in [1.165, 1.54) is 10.8 Å². The molecule has 0 aliphatic carbocycles. The number of benzene rings is 1. The van der Waals surface area contributed by atoms with Crippen molar-refractivity contribution >= 4 is 28.5 Å². The summed E-state index contributed by atoms with van der Waals surface area (Å²) >= 11 is 0. The molecule has 108 valence electrons. The highest BCUT2D eigenvalue weighted by molar-refractivity contribution is 6.05. The number of halogens is 1. The van der Waals surface area contributed by atoms with Crippen LogP contribution in [0.25, 0.3) is 10.9 Å². The maximum absolute atomic E-state index is 13.6. The highest BCUT2D eigenvalue weighted by atomic mass is 19.1. The summed E-state index contributed by atoms with van der Waals surface area (Å²) in [7, 11) is 0. The SMILES string of the molecule is CCOC(=O)c1cn2c3c(cc(F)cc3c1=O)NC(=O)C2. The fraction of sp³-hybridized carbons (Fsp3) is 0.214. The fourth-order valence-corrected chi connectivity index (χ4v) is 2.42. The Labute approximate surface area is 118 Å². The number of amides is 1. The summed E-state index contributed by atoms with van der Waals surface area (Å²) < 4.78 is 19.9. The molecule has 0 fully saturated rings. The molecule has 2 aromatic rings. The van der Waals surface area contributed by atoms with Crippen molar-refractivity contribution in [2.75, 3.05) is 11.9 Å². The van der Waals surface area contributed by atoms with Gasteiger partial charge >= 0.3 is 5.97 Å². The largest absolute Gasteiger partial charge is 0.462 e. The van der Waals surface area contributed by atoms with Crippen LogP contribution in [0.4, 0.5) is 10.1 Å². The Morgan fingerprint density at radius 2 is 2.19 bits per heavy atom. The lowest BCUT2D eigenvalue weighted by Crippen LogP contribution is -2.29. The second-order valence-electron chi connectivity index (χ2n) is 4.62. The Kier molecular flexibility index (Phi) is 2.97. The van der Waals surface area contributed by atoms with E-state index in [-0.39, 0.29) is 35.7 Å². The van der Waals surface area contributed by atoms with Crippen molar-refractivity contribution in [3.05, 3.63) is 39.9 Å². The van der Waals surface area contributed by atoms with Gasteiger partial charge in [0.15, 0.2) is 0 Å². The van der Waals surface area contributed by atoms with Crippen molar-refractivity contribution < 1.29 is 18.7 Å². The Morgan fingerprint density at radius 3 is 2.90 bits per heavy atom. The molecular formula is C14H11FN2O4.